The number of nitrogens with one attached hydrogen (secondary N) is 1. The van der Waals surface area contributed by atoms with E-state index in [9.17, 15) is 14.9 Å². The van der Waals surface area contributed by atoms with Gasteiger partial charge in [0.1, 0.15) is 11.4 Å². The first-order valence-corrected chi connectivity index (χ1v) is 10.5. The van der Waals surface area contributed by atoms with E-state index < -0.39 is 0 Å². The van der Waals surface area contributed by atoms with E-state index in [1.807, 2.05) is 24.3 Å². The van der Waals surface area contributed by atoms with Crippen LogP contribution in [0, 0.1) is 22.0 Å². The Morgan fingerprint density at radius 3 is 2.63 bits per heavy atom. The number of carbonyl (C=O) groups is 1. The van der Waals surface area contributed by atoms with Crippen LogP contribution in [0.3, 0.4) is 0 Å². The number of carbonyl (C=O) groups excluding carboxylic acids is 1. The van der Waals surface area contributed by atoms with Crippen molar-refractivity contribution in [3.05, 3.63) is 63.7 Å². The second-order valence-corrected chi connectivity index (χ2v) is 8.51. The Bertz CT molecular complexity index is 951. The SMILES string of the molecule is C[C@@H]1C[C@H](C)CN(c2ccc(C(=O)N[C@@H]3CCOc4ccccc43)cc2[N+](=O)[O-])C1. The Hall–Kier alpha value is -3.09. The van der Waals surface area contributed by atoms with Crippen LogP contribution in [0.4, 0.5) is 11.4 Å². The van der Waals surface area contributed by atoms with E-state index in [2.05, 4.69) is 24.1 Å². The first-order chi connectivity index (χ1) is 14.4. The minimum absolute atomic E-state index is 0.0173. The van der Waals surface area contributed by atoms with Gasteiger partial charge in [0.2, 0.25) is 0 Å². The fourth-order valence-electron chi connectivity index (χ4n) is 4.67. The molecular weight excluding hydrogens is 382 g/mol. The lowest BCUT2D eigenvalue weighted by molar-refractivity contribution is -0.384. The summed E-state index contributed by atoms with van der Waals surface area (Å²) in [5.74, 6) is 1.41. The molecule has 3 atom stereocenters. The molecule has 2 heterocycles. The lowest BCUT2D eigenvalue weighted by Crippen LogP contribution is -2.39. The molecule has 2 aromatic rings. The number of benzene rings is 2. The van der Waals surface area contributed by atoms with Crippen LogP contribution < -0.4 is 15.0 Å². The van der Waals surface area contributed by atoms with Crippen LogP contribution in [0.5, 0.6) is 5.75 Å². The lowest BCUT2D eigenvalue weighted by Gasteiger charge is -2.36. The molecular formula is C23H27N3O4. The molecule has 7 heteroatoms. The van der Waals surface area contributed by atoms with Gasteiger partial charge in [0.15, 0.2) is 0 Å². The fraction of sp³-hybridized carbons (Fsp3) is 0.435. The normalized spacial score (nSPS) is 23.3. The highest BCUT2D eigenvalue weighted by Crippen LogP contribution is 2.35. The molecule has 4 rings (SSSR count). The maximum Gasteiger partial charge on any atom is 0.293 e. The average molecular weight is 409 g/mol. The Labute approximate surface area is 176 Å². The summed E-state index contributed by atoms with van der Waals surface area (Å²) >= 11 is 0. The summed E-state index contributed by atoms with van der Waals surface area (Å²) in [7, 11) is 0. The molecule has 7 nitrogen and oxygen atoms in total. The number of amides is 1. The van der Waals surface area contributed by atoms with Gasteiger partial charge in [-0.2, -0.15) is 0 Å². The Morgan fingerprint density at radius 2 is 1.90 bits per heavy atom. The number of nitro benzene ring substituents is 1. The van der Waals surface area contributed by atoms with Crippen molar-refractivity contribution in [3.8, 4) is 5.75 Å². The molecule has 1 fully saturated rings. The summed E-state index contributed by atoms with van der Waals surface area (Å²) in [4.78, 5) is 26.4. The van der Waals surface area contributed by atoms with E-state index in [-0.39, 0.29) is 22.6 Å². The minimum atomic E-state index is -0.389. The van der Waals surface area contributed by atoms with Gasteiger partial charge in [-0.25, -0.2) is 0 Å². The predicted molar refractivity (Wildman–Crippen MR) is 115 cm³/mol. The van der Waals surface area contributed by atoms with Gasteiger partial charge in [-0.05, 0) is 36.5 Å². The van der Waals surface area contributed by atoms with E-state index in [0.717, 1.165) is 30.8 Å². The fourth-order valence-corrected chi connectivity index (χ4v) is 4.67. The third-order valence-electron chi connectivity index (χ3n) is 5.91. The monoisotopic (exact) mass is 409 g/mol. The van der Waals surface area contributed by atoms with Gasteiger partial charge in [-0.15, -0.1) is 0 Å². The van der Waals surface area contributed by atoms with E-state index >= 15 is 0 Å². The zero-order valence-electron chi connectivity index (χ0n) is 17.3. The van der Waals surface area contributed by atoms with Crippen molar-refractivity contribution in [2.75, 3.05) is 24.6 Å². The number of hydrogen-bond acceptors (Lipinski definition) is 5. The molecule has 0 saturated carbocycles. The van der Waals surface area contributed by atoms with Crippen molar-refractivity contribution in [1.82, 2.24) is 5.32 Å². The Morgan fingerprint density at radius 1 is 1.17 bits per heavy atom. The summed E-state index contributed by atoms with van der Waals surface area (Å²) in [6.07, 6.45) is 1.78. The molecule has 0 unspecified atom stereocenters. The van der Waals surface area contributed by atoms with E-state index in [4.69, 9.17) is 4.74 Å². The molecule has 1 N–H and O–H groups in total. The first-order valence-electron chi connectivity index (χ1n) is 10.5. The van der Waals surface area contributed by atoms with Crippen LogP contribution in [0.2, 0.25) is 0 Å². The molecule has 0 bridgehead atoms. The molecule has 0 spiro atoms. The summed E-state index contributed by atoms with van der Waals surface area (Å²) in [5.41, 5.74) is 1.80. The minimum Gasteiger partial charge on any atom is -0.493 e. The van der Waals surface area contributed by atoms with Gasteiger partial charge in [0, 0.05) is 36.7 Å². The van der Waals surface area contributed by atoms with Crippen molar-refractivity contribution in [1.29, 1.82) is 0 Å². The van der Waals surface area contributed by atoms with Crippen LogP contribution in [-0.4, -0.2) is 30.5 Å². The van der Waals surface area contributed by atoms with Crippen molar-refractivity contribution in [3.63, 3.8) is 0 Å². The number of rotatable bonds is 4. The number of piperidine rings is 1. The van der Waals surface area contributed by atoms with Crippen LogP contribution in [-0.2, 0) is 0 Å². The second kappa shape index (κ2) is 8.34. The summed E-state index contributed by atoms with van der Waals surface area (Å²) in [6, 6.07) is 12.3. The zero-order chi connectivity index (χ0) is 21.3. The standard InChI is InChI=1S/C23H27N3O4/c1-15-11-16(2)14-25(13-15)20-8-7-17(12-21(20)26(28)29)23(27)24-19-9-10-30-22-6-4-3-5-18(19)22/h3-8,12,15-16,19H,9-11,13-14H2,1-2H3,(H,24,27)/t15-,16+,19-/m1/s1. The van der Waals surface area contributed by atoms with Gasteiger partial charge in [0.05, 0.1) is 17.6 Å². The van der Waals surface area contributed by atoms with Crippen LogP contribution in [0.15, 0.2) is 42.5 Å². The second-order valence-electron chi connectivity index (χ2n) is 8.51. The molecule has 30 heavy (non-hydrogen) atoms. The molecule has 0 aromatic heterocycles. The number of para-hydroxylation sites is 1. The molecule has 0 aliphatic carbocycles. The maximum absolute atomic E-state index is 12.9. The highest BCUT2D eigenvalue weighted by molar-refractivity contribution is 5.96. The number of fused-ring (bicyclic) bond motifs is 1. The van der Waals surface area contributed by atoms with Crippen LogP contribution in [0.1, 0.15) is 48.7 Å². The van der Waals surface area contributed by atoms with Crippen molar-refractivity contribution in [2.24, 2.45) is 11.8 Å². The van der Waals surface area contributed by atoms with Gasteiger partial charge in [-0.1, -0.05) is 32.0 Å². The van der Waals surface area contributed by atoms with Crippen molar-refractivity contribution >= 4 is 17.3 Å². The van der Waals surface area contributed by atoms with E-state index in [0.29, 0.717) is 36.1 Å². The summed E-state index contributed by atoms with van der Waals surface area (Å²) in [5, 5.41) is 14.8. The molecule has 2 aliphatic rings. The highest BCUT2D eigenvalue weighted by Gasteiger charge is 2.29. The van der Waals surface area contributed by atoms with Crippen molar-refractivity contribution in [2.45, 2.75) is 32.7 Å². The van der Waals surface area contributed by atoms with E-state index in [1.54, 1.807) is 12.1 Å². The Balaban J connectivity index is 1.57. The van der Waals surface area contributed by atoms with E-state index in [1.165, 1.54) is 6.07 Å². The third-order valence-corrected chi connectivity index (χ3v) is 5.91. The smallest absolute Gasteiger partial charge is 0.293 e. The topological polar surface area (TPSA) is 84.7 Å². The predicted octanol–water partition coefficient (Wildman–Crippen LogP) is 4.33. The number of ether oxygens (including phenoxy) is 1. The number of anilines is 1. The van der Waals surface area contributed by atoms with Crippen molar-refractivity contribution < 1.29 is 14.5 Å². The number of hydrogen-bond donors (Lipinski definition) is 1. The van der Waals surface area contributed by atoms with Gasteiger partial charge in [0.25, 0.3) is 11.6 Å². The maximum atomic E-state index is 12.9. The average Bonchev–Trinajstić information content (AvgIpc) is 2.73. The number of nitro groups is 1. The summed E-state index contributed by atoms with van der Waals surface area (Å²) < 4.78 is 5.65. The highest BCUT2D eigenvalue weighted by atomic mass is 16.6. The third kappa shape index (κ3) is 4.10. The molecule has 0 radical (unpaired) electrons. The zero-order valence-corrected chi connectivity index (χ0v) is 17.3. The number of nitrogens with zero attached hydrogens (tertiary/aromatic N) is 2. The molecule has 158 valence electrons. The Kier molecular flexibility index (Phi) is 5.61. The molecule has 2 aromatic carbocycles. The van der Waals surface area contributed by atoms with Gasteiger partial charge >= 0.3 is 0 Å². The van der Waals surface area contributed by atoms with Gasteiger partial charge in [-0.3, -0.25) is 14.9 Å². The summed E-state index contributed by atoms with van der Waals surface area (Å²) in [6.45, 7) is 6.43. The lowest BCUT2D eigenvalue weighted by atomic mass is 9.91. The van der Waals surface area contributed by atoms with Crippen LogP contribution >= 0.6 is 0 Å². The molecule has 1 saturated heterocycles. The molecule has 1 amide bonds. The molecule has 2 aliphatic heterocycles. The quantitative estimate of drug-likeness (QED) is 0.600. The van der Waals surface area contributed by atoms with Gasteiger partial charge < -0.3 is 15.0 Å². The first kappa shape index (κ1) is 20.2. The largest absolute Gasteiger partial charge is 0.493 e. The van der Waals surface area contributed by atoms with Crippen LogP contribution in [0.25, 0.3) is 0 Å².